The predicted octanol–water partition coefficient (Wildman–Crippen LogP) is 3.27. The number of amides is 1. The van der Waals surface area contributed by atoms with Crippen molar-refractivity contribution in [2.75, 3.05) is 37.0 Å². The van der Waals surface area contributed by atoms with Crippen LogP contribution in [0.25, 0.3) is 0 Å². The molecule has 0 atom stereocenters. The Bertz CT molecular complexity index is 650. The lowest BCUT2D eigenvalue weighted by Gasteiger charge is -2.21. The minimum absolute atomic E-state index is 0.0383. The third-order valence-electron chi connectivity index (χ3n) is 4.10. The van der Waals surface area contributed by atoms with E-state index in [0.29, 0.717) is 6.54 Å². The molecule has 0 spiro atoms. The third kappa shape index (κ3) is 5.71. The van der Waals surface area contributed by atoms with Gasteiger partial charge in [0.25, 0.3) is 0 Å². The van der Waals surface area contributed by atoms with Crippen LogP contribution in [0.4, 0.5) is 11.4 Å². The highest BCUT2D eigenvalue weighted by Gasteiger charge is 2.04. The van der Waals surface area contributed by atoms with E-state index in [2.05, 4.69) is 41.5 Å². The van der Waals surface area contributed by atoms with Crippen LogP contribution in [0.5, 0.6) is 5.75 Å². The topological polar surface area (TPSA) is 53.6 Å². The number of nitrogens with zero attached hydrogens (tertiary/aromatic N) is 1. The van der Waals surface area contributed by atoms with Crippen LogP contribution in [0.1, 0.15) is 19.4 Å². The smallest absolute Gasteiger partial charge is 0.239 e. The maximum absolute atomic E-state index is 12.0. The lowest BCUT2D eigenvalue weighted by molar-refractivity contribution is -0.119. The predicted molar refractivity (Wildman–Crippen MR) is 103 cm³/mol. The molecule has 2 rings (SSSR count). The summed E-state index contributed by atoms with van der Waals surface area (Å²) in [5, 5.41) is 6.05. The van der Waals surface area contributed by atoms with E-state index in [1.165, 1.54) is 5.69 Å². The van der Waals surface area contributed by atoms with Gasteiger partial charge in [-0.3, -0.25) is 4.79 Å². The van der Waals surface area contributed by atoms with Crippen molar-refractivity contribution in [1.29, 1.82) is 0 Å². The number of rotatable bonds is 9. The average Bonchev–Trinajstić information content (AvgIpc) is 2.67. The monoisotopic (exact) mass is 341 g/mol. The molecule has 0 bridgehead atoms. The zero-order valence-corrected chi connectivity index (χ0v) is 15.2. The number of nitrogens with one attached hydrogen (secondary N) is 2. The van der Waals surface area contributed by atoms with Crippen molar-refractivity contribution in [3.8, 4) is 5.75 Å². The first kappa shape index (κ1) is 18.6. The van der Waals surface area contributed by atoms with E-state index in [1.54, 1.807) is 7.11 Å². The van der Waals surface area contributed by atoms with E-state index in [4.69, 9.17) is 4.74 Å². The van der Waals surface area contributed by atoms with Crippen molar-refractivity contribution in [2.24, 2.45) is 0 Å². The molecule has 25 heavy (non-hydrogen) atoms. The number of benzene rings is 2. The largest absolute Gasteiger partial charge is 0.497 e. The van der Waals surface area contributed by atoms with Gasteiger partial charge in [-0.2, -0.15) is 0 Å². The molecule has 5 nitrogen and oxygen atoms in total. The van der Waals surface area contributed by atoms with Crippen LogP contribution in [0.15, 0.2) is 48.5 Å². The number of hydrogen-bond acceptors (Lipinski definition) is 4. The summed E-state index contributed by atoms with van der Waals surface area (Å²) in [6, 6.07) is 15.8. The molecular formula is C20H27N3O2. The van der Waals surface area contributed by atoms with Crippen LogP contribution in [0.2, 0.25) is 0 Å². The molecule has 1 amide bonds. The van der Waals surface area contributed by atoms with Crippen molar-refractivity contribution in [3.05, 3.63) is 54.1 Å². The minimum atomic E-state index is -0.0383. The highest BCUT2D eigenvalue weighted by molar-refractivity contribution is 5.80. The molecule has 0 radical (unpaired) electrons. The number of carbonyl (C=O) groups is 1. The molecule has 0 aromatic heterocycles. The summed E-state index contributed by atoms with van der Waals surface area (Å²) in [5.74, 6) is 0.772. The molecule has 0 fully saturated rings. The molecule has 2 aromatic carbocycles. The number of ether oxygens (including phenoxy) is 1. The number of methoxy groups -OCH3 is 1. The zero-order valence-electron chi connectivity index (χ0n) is 15.2. The van der Waals surface area contributed by atoms with Crippen molar-refractivity contribution in [1.82, 2.24) is 5.32 Å². The summed E-state index contributed by atoms with van der Waals surface area (Å²) in [4.78, 5) is 14.3. The summed E-state index contributed by atoms with van der Waals surface area (Å²) in [6.07, 6.45) is 0. The molecule has 0 heterocycles. The fourth-order valence-electron chi connectivity index (χ4n) is 2.57. The summed E-state index contributed by atoms with van der Waals surface area (Å²) in [7, 11) is 1.64. The van der Waals surface area contributed by atoms with Crippen LogP contribution in [0, 0.1) is 0 Å². The van der Waals surface area contributed by atoms with Gasteiger partial charge in [-0.05, 0) is 55.8 Å². The van der Waals surface area contributed by atoms with E-state index in [0.717, 1.165) is 30.1 Å². The quantitative estimate of drug-likeness (QED) is 0.735. The van der Waals surface area contributed by atoms with Crippen molar-refractivity contribution in [2.45, 2.75) is 20.4 Å². The number of hydrogen-bond donors (Lipinski definition) is 2. The normalized spacial score (nSPS) is 10.2. The number of carbonyl (C=O) groups excluding carboxylic acids is 1. The lowest BCUT2D eigenvalue weighted by Crippen LogP contribution is -2.29. The molecule has 2 N–H and O–H groups in total. The summed E-state index contributed by atoms with van der Waals surface area (Å²) < 4.78 is 5.12. The van der Waals surface area contributed by atoms with Crippen LogP contribution in [-0.4, -0.2) is 32.7 Å². The zero-order chi connectivity index (χ0) is 18.1. The lowest BCUT2D eigenvalue weighted by atomic mass is 10.2. The van der Waals surface area contributed by atoms with Crippen LogP contribution in [-0.2, 0) is 11.3 Å². The Kier molecular flexibility index (Phi) is 7.14. The highest BCUT2D eigenvalue weighted by Crippen LogP contribution is 2.17. The van der Waals surface area contributed by atoms with Gasteiger partial charge < -0.3 is 20.3 Å². The van der Waals surface area contributed by atoms with Gasteiger partial charge in [0, 0.05) is 31.0 Å². The average molecular weight is 341 g/mol. The molecule has 0 aliphatic carbocycles. The summed E-state index contributed by atoms with van der Waals surface area (Å²) in [6.45, 7) is 7.01. The summed E-state index contributed by atoms with van der Waals surface area (Å²) in [5.41, 5.74) is 3.17. The van der Waals surface area contributed by atoms with E-state index in [-0.39, 0.29) is 12.5 Å². The molecule has 0 unspecified atom stereocenters. The van der Waals surface area contributed by atoms with Gasteiger partial charge in [0.05, 0.1) is 13.7 Å². The maximum Gasteiger partial charge on any atom is 0.239 e. The first-order chi connectivity index (χ1) is 12.2. The molecule has 0 aliphatic heterocycles. The molecule has 0 saturated heterocycles. The first-order valence-corrected chi connectivity index (χ1v) is 8.64. The Morgan fingerprint density at radius 2 is 1.64 bits per heavy atom. The minimum Gasteiger partial charge on any atom is -0.497 e. The van der Waals surface area contributed by atoms with Gasteiger partial charge >= 0.3 is 0 Å². The Labute approximate surface area is 150 Å². The Hall–Kier alpha value is -2.69. The Balaban J connectivity index is 1.77. The van der Waals surface area contributed by atoms with E-state index in [1.807, 2.05) is 36.4 Å². The van der Waals surface area contributed by atoms with Crippen molar-refractivity contribution in [3.63, 3.8) is 0 Å². The maximum atomic E-state index is 12.0. The fraction of sp³-hybridized carbons (Fsp3) is 0.350. The Morgan fingerprint density at radius 1 is 1.00 bits per heavy atom. The molecular weight excluding hydrogens is 314 g/mol. The van der Waals surface area contributed by atoms with E-state index >= 15 is 0 Å². The van der Waals surface area contributed by atoms with Crippen LogP contribution >= 0.6 is 0 Å². The standard InChI is InChI=1S/C20H27N3O2/c1-4-23(5-2)18-10-8-17(9-11-18)21-15-20(24)22-14-16-6-12-19(25-3)13-7-16/h6-13,21H,4-5,14-15H2,1-3H3,(H,22,24). The second-order valence-corrected chi connectivity index (χ2v) is 5.70. The van der Waals surface area contributed by atoms with Crippen LogP contribution < -0.4 is 20.3 Å². The van der Waals surface area contributed by atoms with Gasteiger partial charge in [0.1, 0.15) is 5.75 Å². The molecule has 134 valence electrons. The first-order valence-electron chi connectivity index (χ1n) is 8.64. The summed E-state index contributed by atoms with van der Waals surface area (Å²) >= 11 is 0. The van der Waals surface area contributed by atoms with Crippen molar-refractivity contribution < 1.29 is 9.53 Å². The second kappa shape index (κ2) is 9.57. The van der Waals surface area contributed by atoms with E-state index < -0.39 is 0 Å². The highest BCUT2D eigenvalue weighted by atomic mass is 16.5. The van der Waals surface area contributed by atoms with Gasteiger partial charge in [-0.25, -0.2) is 0 Å². The Morgan fingerprint density at radius 3 is 2.20 bits per heavy atom. The second-order valence-electron chi connectivity index (χ2n) is 5.70. The van der Waals surface area contributed by atoms with Gasteiger partial charge in [0.2, 0.25) is 5.91 Å². The van der Waals surface area contributed by atoms with Crippen LogP contribution in [0.3, 0.4) is 0 Å². The molecule has 0 saturated carbocycles. The molecule has 0 aliphatic rings. The molecule has 2 aromatic rings. The van der Waals surface area contributed by atoms with Crippen molar-refractivity contribution >= 4 is 17.3 Å². The molecule has 5 heteroatoms. The third-order valence-corrected chi connectivity index (χ3v) is 4.10. The van der Waals surface area contributed by atoms with Gasteiger partial charge in [-0.15, -0.1) is 0 Å². The SMILES string of the molecule is CCN(CC)c1ccc(NCC(=O)NCc2ccc(OC)cc2)cc1. The number of anilines is 2. The van der Waals surface area contributed by atoms with Gasteiger partial charge in [0.15, 0.2) is 0 Å². The van der Waals surface area contributed by atoms with Gasteiger partial charge in [-0.1, -0.05) is 12.1 Å². The fourth-order valence-corrected chi connectivity index (χ4v) is 2.57. The van der Waals surface area contributed by atoms with E-state index in [9.17, 15) is 4.79 Å².